The van der Waals surface area contributed by atoms with Crippen molar-refractivity contribution in [2.45, 2.75) is 24.7 Å². The lowest BCUT2D eigenvalue weighted by Crippen LogP contribution is -2.29. The van der Waals surface area contributed by atoms with Gasteiger partial charge >= 0.3 is 0 Å². The summed E-state index contributed by atoms with van der Waals surface area (Å²) in [5, 5.41) is 28.0. The molecule has 50 heavy (non-hydrogen) atoms. The highest BCUT2D eigenvalue weighted by molar-refractivity contribution is 7.29. The van der Waals surface area contributed by atoms with Crippen molar-refractivity contribution in [1.29, 1.82) is 10.5 Å². The average molecular weight is 676 g/mol. The minimum absolute atomic E-state index is 0.0174. The van der Waals surface area contributed by atoms with E-state index in [2.05, 4.69) is 139 Å². The first-order valence-corrected chi connectivity index (χ1v) is 18.6. The van der Waals surface area contributed by atoms with Gasteiger partial charge in [0.1, 0.15) is 6.07 Å². The second-order valence-corrected chi connectivity index (χ2v) is 15.7. The van der Waals surface area contributed by atoms with Crippen molar-refractivity contribution in [1.82, 2.24) is 4.57 Å². The summed E-state index contributed by atoms with van der Waals surface area (Å²) in [5.74, 6) is -0.192. The van der Waals surface area contributed by atoms with Crippen molar-refractivity contribution in [2.75, 3.05) is 0 Å². The predicted molar refractivity (Wildman–Crippen MR) is 212 cm³/mol. The van der Waals surface area contributed by atoms with Crippen LogP contribution in [0.25, 0.3) is 67.8 Å². The second-order valence-electron chi connectivity index (χ2n) is 13.6. The fourth-order valence-corrected chi connectivity index (χ4v) is 10.8. The Morgan fingerprint density at radius 1 is 0.740 bits per heavy atom. The molecule has 3 unspecified atom stereocenters. The molecule has 5 aromatic carbocycles. The van der Waals surface area contributed by atoms with Gasteiger partial charge in [-0.15, -0.1) is 22.7 Å². The molecule has 2 aliphatic rings. The summed E-state index contributed by atoms with van der Waals surface area (Å²) in [6.07, 6.45) is 13.2. The van der Waals surface area contributed by atoms with Gasteiger partial charge in [0.15, 0.2) is 0 Å². The van der Waals surface area contributed by atoms with Crippen LogP contribution in [0.1, 0.15) is 30.4 Å². The maximum atomic E-state index is 10.5. The monoisotopic (exact) mass is 675 g/mol. The Hall–Kier alpha value is -5.72. The third kappa shape index (κ3) is 4.06. The van der Waals surface area contributed by atoms with Gasteiger partial charge in [-0.05, 0) is 66.1 Å². The molecule has 0 bridgehead atoms. The zero-order chi connectivity index (χ0) is 33.6. The number of thiophene rings is 2. The molecular weight excluding hydrogens is 647 g/mol. The zero-order valence-electron chi connectivity index (χ0n) is 27.2. The molecule has 3 aromatic heterocycles. The molecular formula is C45H29N3S2. The normalized spacial score (nSPS) is 20.5. The maximum absolute atomic E-state index is 10.5. The van der Waals surface area contributed by atoms with Crippen LogP contribution in [0, 0.1) is 28.6 Å². The number of hydrogen-bond acceptors (Lipinski definition) is 4. The van der Waals surface area contributed by atoms with E-state index in [4.69, 9.17) is 0 Å². The molecule has 8 aromatic rings. The topological polar surface area (TPSA) is 52.5 Å². The first-order valence-electron chi connectivity index (χ1n) is 16.9. The molecule has 0 aliphatic heterocycles. The quantitative estimate of drug-likeness (QED) is 0.187. The van der Waals surface area contributed by atoms with Crippen LogP contribution in [0.3, 0.4) is 0 Å². The van der Waals surface area contributed by atoms with Crippen molar-refractivity contribution in [3.63, 3.8) is 0 Å². The number of fused-ring (bicyclic) bond motifs is 10. The molecule has 0 amide bonds. The fourth-order valence-electron chi connectivity index (χ4n) is 8.41. The largest absolute Gasteiger partial charge is 0.311 e. The first kappa shape index (κ1) is 29.2. The van der Waals surface area contributed by atoms with Crippen molar-refractivity contribution in [3.05, 3.63) is 150 Å². The summed E-state index contributed by atoms with van der Waals surface area (Å²) in [6.45, 7) is 2.17. The van der Waals surface area contributed by atoms with Gasteiger partial charge < -0.3 is 4.57 Å². The summed E-state index contributed by atoms with van der Waals surface area (Å²) >= 11 is 3.71. The lowest BCUT2D eigenvalue weighted by Gasteiger charge is -2.31. The number of rotatable bonds is 3. The van der Waals surface area contributed by atoms with Gasteiger partial charge in [0.25, 0.3) is 0 Å². The molecule has 0 N–H and O–H groups in total. The predicted octanol–water partition coefficient (Wildman–Crippen LogP) is 12.5. The van der Waals surface area contributed by atoms with Crippen molar-refractivity contribution in [3.8, 4) is 12.1 Å². The minimum atomic E-state index is -0.377. The Bertz CT molecular complexity index is 2910. The molecule has 0 saturated heterocycles. The maximum Gasteiger partial charge on any atom is 0.101 e. The van der Waals surface area contributed by atoms with Crippen LogP contribution in [0.2, 0.25) is 0 Å². The zero-order valence-corrected chi connectivity index (χ0v) is 28.9. The van der Waals surface area contributed by atoms with Gasteiger partial charge in [-0.2, -0.15) is 10.5 Å². The smallest absolute Gasteiger partial charge is 0.101 e. The average Bonchev–Trinajstić information content (AvgIpc) is 3.83. The van der Waals surface area contributed by atoms with Crippen molar-refractivity contribution < 1.29 is 0 Å². The van der Waals surface area contributed by atoms with Crippen LogP contribution >= 0.6 is 22.7 Å². The third-order valence-electron chi connectivity index (χ3n) is 11.0. The van der Waals surface area contributed by atoms with Gasteiger partial charge in [-0.3, -0.25) is 0 Å². The third-order valence-corrected chi connectivity index (χ3v) is 13.3. The van der Waals surface area contributed by atoms with E-state index in [1.54, 1.807) is 0 Å². The van der Waals surface area contributed by atoms with E-state index >= 15 is 0 Å². The Labute approximate surface area is 297 Å². The highest BCUT2D eigenvalue weighted by Gasteiger charge is 2.34. The number of nitrogens with zero attached hydrogens (tertiary/aromatic N) is 3. The first-order chi connectivity index (χ1) is 24.6. The Kier molecular flexibility index (Phi) is 6.36. The molecule has 0 fully saturated rings. The van der Waals surface area contributed by atoms with Crippen LogP contribution < -0.4 is 0 Å². The molecule has 5 heteroatoms. The van der Waals surface area contributed by atoms with Gasteiger partial charge in [0, 0.05) is 68.1 Å². The molecule has 10 rings (SSSR count). The van der Waals surface area contributed by atoms with Crippen LogP contribution in [-0.4, -0.2) is 4.57 Å². The summed E-state index contributed by atoms with van der Waals surface area (Å²) in [7, 11) is 0. The van der Waals surface area contributed by atoms with Gasteiger partial charge in [-0.25, -0.2) is 0 Å². The van der Waals surface area contributed by atoms with Crippen LogP contribution in [0.4, 0.5) is 0 Å². The van der Waals surface area contributed by atoms with Crippen LogP contribution in [0.15, 0.2) is 139 Å². The number of aromatic nitrogens is 1. The van der Waals surface area contributed by atoms with Crippen molar-refractivity contribution >= 4 is 90.5 Å². The van der Waals surface area contributed by atoms with E-state index in [0.717, 1.165) is 28.7 Å². The van der Waals surface area contributed by atoms with Crippen molar-refractivity contribution in [2.24, 2.45) is 5.92 Å². The highest BCUT2D eigenvalue weighted by atomic mass is 32.1. The standard InChI is InChI=1S/C45H29N3S2/c1-45(22-7-6-10-30(45)26-47)29-17-20-39-35(24-29)34-18-21-41-42(44(34)50-39)36-23-27(16-19-40(36)49-41)31-13-8-9-28(25-46)43(31)48-37-14-4-2-11-32(37)33-12-3-5-15-38(33)48/h2-12,14-24,30-31H,13H2,1H3. The lowest BCUT2D eigenvalue weighted by atomic mass is 9.70. The number of nitriles is 2. The molecule has 236 valence electrons. The van der Waals surface area contributed by atoms with Crippen LogP contribution in [0.5, 0.6) is 0 Å². The second kappa shape index (κ2) is 10.9. The Morgan fingerprint density at radius 3 is 2.26 bits per heavy atom. The van der Waals surface area contributed by atoms with E-state index in [-0.39, 0.29) is 17.3 Å². The number of hydrogen-bond donors (Lipinski definition) is 0. The van der Waals surface area contributed by atoms with E-state index in [0.29, 0.717) is 5.57 Å². The molecule has 0 radical (unpaired) electrons. The summed E-state index contributed by atoms with van der Waals surface area (Å²) in [4.78, 5) is 0. The van der Waals surface area contributed by atoms with E-state index in [1.807, 2.05) is 40.9 Å². The number of allylic oxidation sites excluding steroid dienone is 8. The summed E-state index contributed by atoms with van der Waals surface area (Å²) in [6, 6.07) is 40.4. The lowest BCUT2D eigenvalue weighted by molar-refractivity contribution is 0.508. The number of para-hydroxylation sites is 2. The Morgan fingerprint density at radius 2 is 1.48 bits per heavy atom. The minimum Gasteiger partial charge on any atom is -0.311 e. The van der Waals surface area contributed by atoms with Gasteiger partial charge in [0.2, 0.25) is 0 Å². The fraction of sp³-hybridized carbons (Fsp3) is 0.111. The SMILES string of the molecule is CC1(c2ccc3sc4c(ccc5sc6ccc(C7CC=CC(C#N)=C7n7c8ccccc8c8ccccc87)cc6c54)c3c2)C=CC=CC1C#N. The molecule has 3 atom stereocenters. The van der Waals surface area contributed by atoms with E-state index < -0.39 is 0 Å². The molecule has 3 heterocycles. The highest BCUT2D eigenvalue weighted by Crippen LogP contribution is 2.48. The summed E-state index contributed by atoms with van der Waals surface area (Å²) < 4.78 is 7.45. The molecule has 2 aliphatic carbocycles. The molecule has 3 nitrogen and oxygen atoms in total. The molecule has 0 spiro atoms. The molecule has 0 saturated carbocycles. The van der Waals surface area contributed by atoms with Gasteiger partial charge in [0.05, 0.1) is 28.6 Å². The van der Waals surface area contributed by atoms with Gasteiger partial charge in [-0.1, -0.05) is 91.9 Å². The Balaban J connectivity index is 1.17. The van der Waals surface area contributed by atoms with Crippen LogP contribution in [-0.2, 0) is 5.41 Å². The number of benzene rings is 5. The summed E-state index contributed by atoms with van der Waals surface area (Å²) in [5.41, 5.74) is 6.01. The van der Waals surface area contributed by atoms with E-state index in [9.17, 15) is 10.5 Å². The van der Waals surface area contributed by atoms with E-state index in [1.165, 1.54) is 56.7 Å².